The lowest BCUT2D eigenvalue weighted by Gasteiger charge is -2.16. The van der Waals surface area contributed by atoms with Crippen LogP contribution < -0.4 is 4.74 Å². The van der Waals surface area contributed by atoms with Crippen LogP contribution in [0.4, 0.5) is 0 Å². The fourth-order valence-electron chi connectivity index (χ4n) is 4.12. The molecule has 29 heavy (non-hydrogen) atoms. The standard InChI is InChI=1S/C25H27NO3/c1-16-7-9-19(10-8-16)22-15-29-25-18(3)24(28-4)20(14-21(22)25)17(2)13-23(27)26-11-5-6-12-26/h7-10,13-15H,5-6,11-12H2,1-4H3/b17-13+. The molecule has 1 amide bonds. The van der Waals surface area contributed by atoms with E-state index in [1.807, 2.05) is 18.7 Å². The number of likely N-dealkylation sites (tertiary alicyclic amines) is 1. The smallest absolute Gasteiger partial charge is 0.246 e. The van der Waals surface area contributed by atoms with Gasteiger partial charge in [0.1, 0.15) is 11.3 Å². The Morgan fingerprint density at radius 3 is 2.48 bits per heavy atom. The summed E-state index contributed by atoms with van der Waals surface area (Å²) in [6.45, 7) is 7.75. The fraction of sp³-hybridized carbons (Fsp3) is 0.320. The van der Waals surface area contributed by atoms with Crippen molar-refractivity contribution in [3.05, 3.63) is 59.4 Å². The van der Waals surface area contributed by atoms with Gasteiger partial charge in [0.2, 0.25) is 5.91 Å². The molecule has 4 heteroatoms. The van der Waals surface area contributed by atoms with Crippen molar-refractivity contribution in [2.45, 2.75) is 33.6 Å². The third kappa shape index (κ3) is 3.55. The highest BCUT2D eigenvalue weighted by molar-refractivity contribution is 6.01. The molecule has 0 unspecified atom stereocenters. The molecule has 2 heterocycles. The third-order valence-electron chi connectivity index (χ3n) is 5.79. The van der Waals surface area contributed by atoms with Crippen LogP contribution in [0.2, 0.25) is 0 Å². The van der Waals surface area contributed by atoms with E-state index in [1.165, 1.54) is 5.56 Å². The van der Waals surface area contributed by atoms with Gasteiger partial charge >= 0.3 is 0 Å². The fourth-order valence-corrected chi connectivity index (χ4v) is 4.12. The number of furan rings is 1. The van der Waals surface area contributed by atoms with Gasteiger partial charge in [-0.05, 0) is 50.8 Å². The maximum atomic E-state index is 12.6. The zero-order valence-electron chi connectivity index (χ0n) is 17.5. The first-order valence-electron chi connectivity index (χ1n) is 10.1. The summed E-state index contributed by atoms with van der Waals surface area (Å²) < 4.78 is 11.6. The van der Waals surface area contributed by atoms with Crippen LogP contribution in [0.3, 0.4) is 0 Å². The predicted molar refractivity (Wildman–Crippen MR) is 117 cm³/mol. The van der Waals surface area contributed by atoms with Gasteiger partial charge < -0.3 is 14.1 Å². The van der Waals surface area contributed by atoms with Gasteiger partial charge in [0, 0.05) is 41.2 Å². The average molecular weight is 389 g/mol. The number of aryl methyl sites for hydroxylation is 2. The molecule has 1 aliphatic heterocycles. The van der Waals surface area contributed by atoms with Crippen LogP contribution in [0.1, 0.15) is 36.5 Å². The van der Waals surface area contributed by atoms with Crippen molar-refractivity contribution in [3.63, 3.8) is 0 Å². The monoisotopic (exact) mass is 389 g/mol. The maximum Gasteiger partial charge on any atom is 0.246 e. The predicted octanol–water partition coefficient (Wildman–Crippen LogP) is 5.75. The Bertz CT molecular complexity index is 1080. The highest BCUT2D eigenvalue weighted by Crippen LogP contribution is 2.40. The minimum absolute atomic E-state index is 0.0748. The summed E-state index contributed by atoms with van der Waals surface area (Å²) >= 11 is 0. The molecular weight excluding hydrogens is 362 g/mol. The minimum Gasteiger partial charge on any atom is -0.496 e. The summed E-state index contributed by atoms with van der Waals surface area (Å²) in [5.74, 6) is 0.830. The van der Waals surface area contributed by atoms with Crippen molar-refractivity contribution >= 4 is 22.4 Å². The summed E-state index contributed by atoms with van der Waals surface area (Å²) in [6.07, 6.45) is 5.71. The number of rotatable bonds is 4. The first kappa shape index (κ1) is 19.3. The Morgan fingerprint density at radius 2 is 1.83 bits per heavy atom. The van der Waals surface area contributed by atoms with E-state index < -0.39 is 0 Å². The zero-order chi connectivity index (χ0) is 20.5. The van der Waals surface area contributed by atoms with Crippen LogP contribution in [0, 0.1) is 13.8 Å². The molecule has 1 aromatic heterocycles. The number of hydrogen-bond acceptors (Lipinski definition) is 3. The number of benzene rings is 2. The van der Waals surface area contributed by atoms with Gasteiger partial charge in [0.25, 0.3) is 0 Å². The number of allylic oxidation sites excluding steroid dienone is 1. The van der Waals surface area contributed by atoms with Gasteiger partial charge in [0.05, 0.1) is 13.4 Å². The summed E-state index contributed by atoms with van der Waals surface area (Å²) in [5, 5.41) is 1.03. The van der Waals surface area contributed by atoms with E-state index in [1.54, 1.807) is 19.4 Å². The number of fused-ring (bicyclic) bond motifs is 1. The molecule has 1 aliphatic rings. The highest BCUT2D eigenvalue weighted by atomic mass is 16.5. The summed E-state index contributed by atoms with van der Waals surface area (Å²) in [5.41, 5.74) is 6.98. The summed E-state index contributed by atoms with van der Waals surface area (Å²) in [6, 6.07) is 10.5. The number of nitrogens with zero attached hydrogens (tertiary/aromatic N) is 1. The SMILES string of the molecule is COc1c(/C(C)=C/C(=O)N2CCCC2)cc2c(-c3ccc(C)cc3)coc2c1C. The number of carbonyl (C=O) groups excluding carboxylic acids is 1. The molecule has 0 saturated carbocycles. The van der Waals surface area contributed by atoms with Gasteiger partial charge in [0.15, 0.2) is 0 Å². The van der Waals surface area contributed by atoms with Crippen LogP contribution in [0.25, 0.3) is 27.7 Å². The quantitative estimate of drug-likeness (QED) is 0.534. The molecule has 0 bridgehead atoms. The lowest BCUT2D eigenvalue weighted by Crippen LogP contribution is -2.25. The highest BCUT2D eigenvalue weighted by Gasteiger charge is 2.20. The number of hydrogen-bond donors (Lipinski definition) is 0. The number of methoxy groups -OCH3 is 1. The summed E-state index contributed by atoms with van der Waals surface area (Å²) in [4.78, 5) is 14.6. The molecule has 1 fully saturated rings. The topological polar surface area (TPSA) is 42.7 Å². The number of ether oxygens (including phenoxy) is 1. The molecular formula is C25H27NO3. The first-order chi connectivity index (χ1) is 14.0. The second-order valence-electron chi connectivity index (χ2n) is 7.83. The third-order valence-corrected chi connectivity index (χ3v) is 5.79. The van der Waals surface area contributed by atoms with Crippen LogP contribution in [-0.2, 0) is 4.79 Å². The van der Waals surface area contributed by atoms with E-state index in [4.69, 9.17) is 9.15 Å². The molecule has 4 rings (SSSR count). The van der Waals surface area contributed by atoms with Crippen molar-refractivity contribution in [3.8, 4) is 16.9 Å². The van der Waals surface area contributed by atoms with Crippen LogP contribution >= 0.6 is 0 Å². The number of amides is 1. The molecule has 150 valence electrons. The second-order valence-corrected chi connectivity index (χ2v) is 7.83. The normalized spacial score (nSPS) is 14.6. The van der Waals surface area contributed by atoms with Crippen molar-refractivity contribution in [1.82, 2.24) is 4.90 Å². The largest absolute Gasteiger partial charge is 0.496 e. The van der Waals surface area contributed by atoms with E-state index in [-0.39, 0.29) is 5.91 Å². The van der Waals surface area contributed by atoms with Gasteiger partial charge in [-0.15, -0.1) is 0 Å². The van der Waals surface area contributed by atoms with Gasteiger partial charge in [-0.2, -0.15) is 0 Å². The lowest BCUT2D eigenvalue weighted by molar-refractivity contribution is -0.124. The Morgan fingerprint density at radius 1 is 1.14 bits per heavy atom. The molecule has 0 atom stereocenters. The molecule has 4 nitrogen and oxygen atoms in total. The molecule has 3 aromatic rings. The van der Waals surface area contributed by atoms with E-state index in [2.05, 4.69) is 37.3 Å². The van der Waals surface area contributed by atoms with Crippen molar-refractivity contribution in [2.75, 3.05) is 20.2 Å². The number of carbonyl (C=O) groups is 1. The van der Waals surface area contributed by atoms with Gasteiger partial charge in [-0.1, -0.05) is 29.8 Å². The Labute approximate surface area is 171 Å². The molecule has 0 N–H and O–H groups in total. The van der Waals surface area contributed by atoms with E-state index in [0.29, 0.717) is 0 Å². The van der Waals surface area contributed by atoms with Crippen molar-refractivity contribution < 1.29 is 13.9 Å². The second kappa shape index (κ2) is 7.78. The van der Waals surface area contributed by atoms with Crippen molar-refractivity contribution in [1.29, 1.82) is 0 Å². The maximum absolute atomic E-state index is 12.6. The molecule has 2 aromatic carbocycles. The van der Waals surface area contributed by atoms with Gasteiger partial charge in [-0.25, -0.2) is 0 Å². The average Bonchev–Trinajstić information content (AvgIpc) is 3.38. The Balaban J connectivity index is 1.83. The van der Waals surface area contributed by atoms with E-state index in [0.717, 1.165) is 70.5 Å². The minimum atomic E-state index is 0.0748. The van der Waals surface area contributed by atoms with E-state index in [9.17, 15) is 4.79 Å². The van der Waals surface area contributed by atoms with Crippen molar-refractivity contribution in [2.24, 2.45) is 0 Å². The molecule has 0 spiro atoms. The zero-order valence-corrected chi connectivity index (χ0v) is 17.5. The lowest BCUT2D eigenvalue weighted by atomic mass is 9.96. The molecule has 0 aliphatic carbocycles. The molecule has 1 saturated heterocycles. The first-order valence-corrected chi connectivity index (χ1v) is 10.1. The summed E-state index contributed by atoms with van der Waals surface area (Å²) in [7, 11) is 1.66. The van der Waals surface area contributed by atoms with Crippen LogP contribution in [-0.4, -0.2) is 31.0 Å². The Kier molecular flexibility index (Phi) is 5.18. The van der Waals surface area contributed by atoms with Crippen LogP contribution in [0.15, 0.2) is 47.1 Å². The Hall–Kier alpha value is -3.01. The molecule has 0 radical (unpaired) electrons. The van der Waals surface area contributed by atoms with Crippen LogP contribution in [0.5, 0.6) is 5.75 Å². The van der Waals surface area contributed by atoms with Gasteiger partial charge in [-0.3, -0.25) is 4.79 Å². The van der Waals surface area contributed by atoms with E-state index >= 15 is 0 Å².